The van der Waals surface area contributed by atoms with Crippen molar-refractivity contribution in [3.05, 3.63) is 23.7 Å². The molecule has 0 saturated carbocycles. The number of hydrogen-bond donors (Lipinski definition) is 3. The first-order valence-corrected chi connectivity index (χ1v) is 6.31. The van der Waals surface area contributed by atoms with Crippen LogP contribution in [0.3, 0.4) is 0 Å². The Bertz CT molecular complexity index is 440. The van der Waals surface area contributed by atoms with Crippen LogP contribution in [-0.4, -0.2) is 24.4 Å². The maximum absolute atomic E-state index is 11.8. The Balaban J connectivity index is 2.49. The zero-order chi connectivity index (χ0) is 14.4. The molecule has 0 fully saturated rings. The summed E-state index contributed by atoms with van der Waals surface area (Å²) in [7, 11) is 0. The highest BCUT2D eigenvalue weighted by atomic mass is 16.4. The van der Waals surface area contributed by atoms with E-state index in [9.17, 15) is 9.59 Å². The molecule has 1 aromatic rings. The molecule has 106 valence electrons. The first kappa shape index (κ1) is 15.2. The van der Waals surface area contributed by atoms with E-state index in [0.29, 0.717) is 18.2 Å². The highest BCUT2D eigenvalue weighted by Gasteiger charge is 2.18. The molecule has 0 aliphatic rings. The van der Waals surface area contributed by atoms with E-state index in [1.807, 2.05) is 13.8 Å². The number of nitrogens with one attached hydrogen (secondary N) is 2. The van der Waals surface area contributed by atoms with E-state index in [1.165, 1.54) is 6.07 Å². The zero-order valence-corrected chi connectivity index (χ0v) is 11.5. The number of amides is 2. The topological polar surface area (TPSA) is 97.4 Å². The van der Waals surface area contributed by atoms with Crippen LogP contribution in [0.2, 0.25) is 0 Å². The molecule has 0 aliphatic heterocycles. The lowest BCUT2D eigenvalue weighted by Crippen LogP contribution is -2.45. The lowest BCUT2D eigenvalue weighted by atomic mass is 10.2. The fraction of sp³-hybridized carbons (Fsp3) is 0.538. The van der Waals surface area contributed by atoms with Gasteiger partial charge in [0.1, 0.15) is 11.8 Å². The molecule has 6 heteroatoms. The van der Waals surface area contributed by atoms with Crippen molar-refractivity contribution in [2.24, 2.45) is 11.7 Å². The first-order valence-electron chi connectivity index (χ1n) is 6.31. The van der Waals surface area contributed by atoms with Crippen molar-refractivity contribution in [1.82, 2.24) is 10.6 Å². The van der Waals surface area contributed by atoms with Gasteiger partial charge in [-0.25, -0.2) is 0 Å². The van der Waals surface area contributed by atoms with E-state index in [4.69, 9.17) is 10.2 Å². The number of rotatable bonds is 6. The van der Waals surface area contributed by atoms with Crippen LogP contribution >= 0.6 is 0 Å². The largest absolute Gasteiger partial charge is 0.455 e. The SMILES string of the molecule is CC(C)CNC(=O)C(C)NC(=O)c1ccc(CN)o1. The third kappa shape index (κ3) is 4.75. The molecule has 1 heterocycles. The molecule has 1 aromatic heterocycles. The van der Waals surface area contributed by atoms with Gasteiger partial charge in [0.25, 0.3) is 5.91 Å². The zero-order valence-electron chi connectivity index (χ0n) is 11.5. The molecular weight excluding hydrogens is 246 g/mol. The summed E-state index contributed by atoms with van der Waals surface area (Å²) in [5, 5.41) is 5.32. The summed E-state index contributed by atoms with van der Waals surface area (Å²) in [5.74, 6) is 0.412. The molecule has 19 heavy (non-hydrogen) atoms. The van der Waals surface area contributed by atoms with Gasteiger partial charge in [0, 0.05) is 6.54 Å². The predicted octanol–water partition coefficient (Wildman–Crippen LogP) is 0.629. The Morgan fingerprint density at radius 1 is 1.32 bits per heavy atom. The minimum Gasteiger partial charge on any atom is -0.455 e. The van der Waals surface area contributed by atoms with E-state index in [2.05, 4.69) is 10.6 Å². The van der Waals surface area contributed by atoms with Crippen LogP contribution in [0.15, 0.2) is 16.5 Å². The van der Waals surface area contributed by atoms with Crippen molar-refractivity contribution < 1.29 is 14.0 Å². The molecule has 1 atom stereocenters. The van der Waals surface area contributed by atoms with E-state index >= 15 is 0 Å². The molecule has 0 bridgehead atoms. The van der Waals surface area contributed by atoms with E-state index in [1.54, 1.807) is 13.0 Å². The van der Waals surface area contributed by atoms with Crippen LogP contribution in [0.5, 0.6) is 0 Å². The van der Waals surface area contributed by atoms with Crippen molar-refractivity contribution >= 4 is 11.8 Å². The highest BCUT2D eigenvalue weighted by molar-refractivity contribution is 5.95. The fourth-order valence-electron chi connectivity index (χ4n) is 1.40. The van der Waals surface area contributed by atoms with Gasteiger partial charge in [0.2, 0.25) is 5.91 Å². The molecule has 6 nitrogen and oxygen atoms in total. The quantitative estimate of drug-likeness (QED) is 0.704. The normalized spacial score (nSPS) is 12.3. The average Bonchev–Trinajstić information content (AvgIpc) is 2.84. The minimum absolute atomic E-state index is 0.156. The minimum atomic E-state index is -0.613. The molecule has 1 rings (SSSR count). The molecule has 0 aromatic carbocycles. The second kappa shape index (κ2) is 6.94. The Labute approximate surface area is 112 Å². The number of nitrogens with two attached hydrogens (primary N) is 1. The second-order valence-corrected chi connectivity index (χ2v) is 4.80. The Hall–Kier alpha value is -1.82. The van der Waals surface area contributed by atoms with Crippen LogP contribution in [0.1, 0.15) is 37.1 Å². The van der Waals surface area contributed by atoms with E-state index in [-0.39, 0.29) is 18.2 Å². The van der Waals surface area contributed by atoms with Gasteiger partial charge in [0.15, 0.2) is 5.76 Å². The standard InChI is InChI=1S/C13H21N3O3/c1-8(2)7-15-12(17)9(3)16-13(18)11-5-4-10(6-14)19-11/h4-5,8-9H,6-7,14H2,1-3H3,(H,15,17)(H,16,18). The van der Waals surface area contributed by atoms with Crippen LogP contribution in [0, 0.1) is 5.92 Å². The summed E-state index contributed by atoms with van der Waals surface area (Å²) >= 11 is 0. The van der Waals surface area contributed by atoms with Gasteiger partial charge in [-0.2, -0.15) is 0 Å². The van der Waals surface area contributed by atoms with Crippen LogP contribution in [0.4, 0.5) is 0 Å². The Morgan fingerprint density at radius 2 is 2.00 bits per heavy atom. The molecular formula is C13H21N3O3. The summed E-state index contributed by atoms with van der Waals surface area (Å²) in [4.78, 5) is 23.5. The molecule has 0 spiro atoms. The van der Waals surface area contributed by atoms with Crippen molar-refractivity contribution in [3.8, 4) is 0 Å². The molecule has 1 unspecified atom stereocenters. The lowest BCUT2D eigenvalue weighted by Gasteiger charge is -2.14. The Morgan fingerprint density at radius 3 is 2.53 bits per heavy atom. The van der Waals surface area contributed by atoms with Gasteiger partial charge in [-0.05, 0) is 25.0 Å². The summed E-state index contributed by atoms with van der Waals surface area (Å²) in [6.07, 6.45) is 0. The van der Waals surface area contributed by atoms with Gasteiger partial charge in [0.05, 0.1) is 6.54 Å². The van der Waals surface area contributed by atoms with Gasteiger partial charge in [-0.1, -0.05) is 13.8 Å². The van der Waals surface area contributed by atoms with Crippen molar-refractivity contribution in [2.45, 2.75) is 33.4 Å². The average molecular weight is 267 g/mol. The van der Waals surface area contributed by atoms with Crippen molar-refractivity contribution in [2.75, 3.05) is 6.54 Å². The smallest absolute Gasteiger partial charge is 0.287 e. The van der Waals surface area contributed by atoms with Crippen molar-refractivity contribution in [3.63, 3.8) is 0 Å². The van der Waals surface area contributed by atoms with E-state index < -0.39 is 11.9 Å². The molecule has 0 saturated heterocycles. The number of furan rings is 1. The molecule has 4 N–H and O–H groups in total. The van der Waals surface area contributed by atoms with Gasteiger partial charge in [-0.3, -0.25) is 9.59 Å². The first-order chi connectivity index (χ1) is 8.93. The van der Waals surface area contributed by atoms with Gasteiger partial charge < -0.3 is 20.8 Å². The van der Waals surface area contributed by atoms with Crippen LogP contribution < -0.4 is 16.4 Å². The maximum atomic E-state index is 11.8. The van der Waals surface area contributed by atoms with Crippen LogP contribution in [-0.2, 0) is 11.3 Å². The molecule has 0 aliphatic carbocycles. The number of carbonyl (C=O) groups excluding carboxylic acids is 2. The fourth-order valence-corrected chi connectivity index (χ4v) is 1.40. The van der Waals surface area contributed by atoms with Gasteiger partial charge in [-0.15, -0.1) is 0 Å². The molecule has 0 radical (unpaired) electrons. The third-order valence-corrected chi connectivity index (χ3v) is 2.51. The maximum Gasteiger partial charge on any atom is 0.287 e. The highest BCUT2D eigenvalue weighted by Crippen LogP contribution is 2.07. The monoisotopic (exact) mass is 267 g/mol. The third-order valence-electron chi connectivity index (χ3n) is 2.51. The summed E-state index contributed by atoms with van der Waals surface area (Å²) in [6.45, 7) is 6.44. The van der Waals surface area contributed by atoms with Gasteiger partial charge >= 0.3 is 0 Å². The number of hydrogen-bond acceptors (Lipinski definition) is 4. The Kier molecular flexibility index (Phi) is 5.57. The number of carbonyl (C=O) groups is 2. The van der Waals surface area contributed by atoms with E-state index in [0.717, 1.165) is 0 Å². The second-order valence-electron chi connectivity index (χ2n) is 4.80. The van der Waals surface area contributed by atoms with Crippen molar-refractivity contribution in [1.29, 1.82) is 0 Å². The predicted molar refractivity (Wildman–Crippen MR) is 71.4 cm³/mol. The molecule has 2 amide bonds. The summed E-state index contributed by atoms with van der Waals surface area (Å²) < 4.78 is 5.20. The lowest BCUT2D eigenvalue weighted by molar-refractivity contribution is -0.122. The summed E-state index contributed by atoms with van der Waals surface area (Å²) in [6, 6.07) is 2.56. The van der Waals surface area contributed by atoms with Crippen LogP contribution in [0.25, 0.3) is 0 Å². The summed E-state index contributed by atoms with van der Waals surface area (Å²) in [5.41, 5.74) is 5.39.